The molecule has 3 unspecified atom stereocenters. The minimum absolute atomic E-state index is 0.0672. The number of hydrogen-bond donors (Lipinski definition) is 2. The van der Waals surface area contributed by atoms with Crippen LogP contribution in [0, 0.1) is 5.92 Å². The molecule has 0 spiro atoms. The van der Waals surface area contributed by atoms with E-state index >= 15 is 0 Å². The smallest absolute Gasteiger partial charge is 0.221 e. The number of nitrogens with two attached hydrogens (primary N) is 1. The van der Waals surface area contributed by atoms with Crippen molar-refractivity contribution in [3.63, 3.8) is 0 Å². The third-order valence-corrected chi connectivity index (χ3v) is 4.03. The molecule has 0 bridgehead atoms. The molecule has 2 aliphatic heterocycles. The van der Waals surface area contributed by atoms with E-state index in [-0.39, 0.29) is 11.8 Å². The van der Waals surface area contributed by atoms with Crippen molar-refractivity contribution >= 4 is 5.91 Å². The van der Waals surface area contributed by atoms with E-state index in [0.29, 0.717) is 12.1 Å². The second kappa shape index (κ2) is 5.15. The van der Waals surface area contributed by atoms with Crippen molar-refractivity contribution in [3.05, 3.63) is 0 Å². The zero-order valence-electron chi connectivity index (χ0n) is 10.1. The maximum atomic E-state index is 11.2. The Morgan fingerprint density at radius 1 is 1.44 bits per heavy atom. The molecule has 2 rings (SSSR count). The quantitative estimate of drug-likeness (QED) is 0.727. The Kier molecular flexibility index (Phi) is 3.82. The van der Waals surface area contributed by atoms with Crippen LogP contribution in [0.3, 0.4) is 0 Å². The van der Waals surface area contributed by atoms with E-state index in [0.717, 1.165) is 32.5 Å². The Morgan fingerprint density at radius 2 is 2.25 bits per heavy atom. The lowest BCUT2D eigenvalue weighted by Crippen LogP contribution is -2.49. The van der Waals surface area contributed by atoms with Gasteiger partial charge in [0.2, 0.25) is 5.91 Å². The van der Waals surface area contributed by atoms with Crippen molar-refractivity contribution in [2.45, 2.75) is 44.7 Å². The first-order valence-electron chi connectivity index (χ1n) is 6.43. The lowest BCUT2D eigenvalue weighted by molar-refractivity contribution is -0.124. The largest absolute Gasteiger partial charge is 0.369 e. The second-order valence-corrected chi connectivity index (χ2v) is 5.27. The van der Waals surface area contributed by atoms with Gasteiger partial charge in [0.15, 0.2) is 0 Å². The fourth-order valence-corrected chi connectivity index (χ4v) is 2.86. The first kappa shape index (κ1) is 11.9. The van der Waals surface area contributed by atoms with E-state index < -0.39 is 0 Å². The van der Waals surface area contributed by atoms with Crippen LogP contribution in [0.4, 0.5) is 0 Å². The van der Waals surface area contributed by atoms with Crippen LogP contribution in [0.25, 0.3) is 0 Å². The van der Waals surface area contributed by atoms with E-state index in [1.165, 1.54) is 12.8 Å². The lowest BCUT2D eigenvalue weighted by atomic mass is 9.92. The summed E-state index contributed by atoms with van der Waals surface area (Å²) in [6, 6.07) is 1.21. The van der Waals surface area contributed by atoms with Gasteiger partial charge in [0, 0.05) is 25.2 Å². The highest BCUT2D eigenvalue weighted by Crippen LogP contribution is 2.22. The molecular weight excluding hydrogens is 202 g/mol. The first-order valence-corrected chi connectivity index (χ1v) is 6.43. The van der Waals surface area contributed by atoms with Crippen molar-refractivity contribution in [1.82, 2.24) is 10.2 Å². The normalized spacial score (nSPS) is 36.4. The summed E-state index contributed by atoms with van der Waals surface area (Å²) in [5.41, 5.74) is 5.40. The van der Waals surface area contributed by atoms with Crippen LogP contribution < -0.4 is 11.1 Å². The van der Waals surface area contributed by atoms with Crippen molar-refractivity contribution in [2.75, 3.05) is 19.6 Å². The van der Waals surface area contributed by atoms with Gasteiger partial charge in [-0.3, -0.25) is 9.69 Å². The number of primary amides is 1. The molecule has 0 aliphatic carbocycles. The van der Waals surface area contributed by atoms with Crippen LogP contribution in [-0.4, -0.2) is 42.5 Å². The molecular formula is C12H23N3O. The molecule has 0 aromatic heterocycles. The van der Waals surface area contributed by atoms with Gasteiger partial charge in [-0.25, -0.2) is 0 Å². The fraction of sp³-hybridized carbons (Fsp3) is 0.917. The molecule has 3 N–H and O–H groups in total. The third kappa shape index (κ3) is 2.74. The Morgan fingerprint density at radius 3 is 2.88 bits per heavy atom. The summed E-state index contributed by atoms with van der Waals surface area (Å²) in [7, 11) is 0. The fourth-order valence-electron chi connectivity index (χ4n) is 2.86. The topological polar surface area (TPSA) is 58.4 Å². The van der Waals surface area contributed by atoms with Crippen LogP contribution in [-0.2, 0) is 4.79 Å². The number of nitrogens with zero attached hydrogens (tertiary/aromatic N) is 1. The van der Waals surface area contributed by atoms with Gasteiger partial charge in [0.05, 0.1) is 5.92 Å². The van der Waals surface area contributed by atoms with Gasteiger partial charge in [-0.1, -0.05) is 0 Å². The average molecular weight is 225 g/mol. The average Bonchev–Trinajstić information content (AvgIpc) is 2.73. The number of hydrogen-bond acceptors (Lipinski definition) is 3. The highest BCUT2D eigenvalue weighted by Gasteiger charge is 2.30. The van der Waals surface area contributed by atoms with E-state index in [1.54, 1.807) is 0 Å². The number of piperidine rings is 1. The summed E-state index contributed by atoms with van der Waals surface area (Å²) in [6.45, 7) is 5.33. The van der Waals surface area contributed by atoms with Crippen molar-refractivity contribution < 1.29 is 4.79 Å². The van der Waals surface area contributed by atoms with Crippen molar-refractivity contribution in [1.29, 1.82) is 0 Å². The number of carbonyl (C=O) groups excluding carboxylic acids is 1. The number of carbonyl (C=O) groups is 1. The minimum Gasteiger partial charge on any atom is -0.369 e. The Labute approximate surface area is 97.6 Å². The van der Waals surface area contributed by atoms with E-state index in [2.05, 4.69) is 17.1 Å². The SMILES string of the molecule is CC1CCC(C(N)=O)CN1CC1CCCN1. The summed E-state index contributed by atoms with van der Waals surface area (Å²) in [5, 5.41) is 3.51. The van der Waals surface area contributed by atoms with Crippen LogP contribution in [0.15, 0.2) is 0 Å². The Hall–Kier alpha value is -0.610. The van der Waals surface area contributed by atoms with Gasteiger partial charge in [-0.2, -0.15) is 0 Å². The molecule has 2 aliphatic rings. The molecule has 1 amide bonds. The molecule has 0 radical (unpaired) electrons. The molecule has 0 aromatic carbocycles. The van der Waals surface area contributed by atoms with E-state index in [1.807, 2.05) is 0 Å². The van der Waals surface area contributed by atoms with Crippen molar-refractivity contribution in [3.8, 4) is 0 Å². The van der Waals surface area contributed by atoms with Crippen LogP contribution in [0.1, 0.15) is 32.6 Å². The standard InChI is InChI=1S/C12H23N3O/c1-9-4-5-10(12(13)16)7-15(9)8-11-3-2-6-14-11/h9-11,14H,2-8H2,1H3,(H2,13,16). The first-order chi connectivity index (χ1) is 7.66. The van der Waals surface area contributed by atoms with Gasteiger partial charge in [0.1, 0.15) is 0 Å². The number of rotatable bonds is 3. The molecule has 0 saturated carbocycles. The van der Waals surface area contributed by atoms with Gasteiger partial charge in [-0.15, -0.1) is 0 Å². The summed E-state index contributed by atoms with van der Waals surface area (Å²) in [4.78, 5) is 13.7. The zero-order valence-corrected chi connectivity index (χ0v) is 10.1. The maximum Gasteiger partial charge on any atom is 0.221 e. The molecule has 2 saturated heterocycles. The number of amides is 1. The highest BCUT2D eigenvalue weighted by atomic mass is 16.1. The Balaban J connectivity index is 1.87. The highest BCUT2D eigenvalue weighted by molar-refractivity contribution is 5.76. The molecule has 92 valence electrons. The third-order valence-electron chi connectivity index (χ3n) is 4.03. The van der Waals surface area contributed by atoms with E-state index in [9.17, 15) is 4.79 Å². The van der Waals surface area contributed by atoms with Gasteiger partial charge in [-0.05, 0) is 39.2 Å². The summed E-state index contributed by atoms with van der Waals surface area (Å²) >= 11 is 0. The summed E-state index contributed by atoms with van der Waals surface area (Å²) in [5.74, 6) is -0.0612. The monoisotopic (exact) mass is 225 g/mol. The van der Waals surface area contributed by atoms with Gasteiger partial charge >= 0.3 is 0 Å². The molecule has 16 heavy (non-hydrogen) atoms. The van der Waals surface area contributed by atoms with Crippen LogP contribution in [0.5, 0.6) is 0 Å². The molecule has 2 fully saturated rings. The Bertz CT molecular complexity index is 251. The number of likely N-dealkylation sites (tertiary alicyclic amines) is 1. The molecule has 2 heterocycles. The molecule has 3 atom stereocenters. The molecule has 4 nitrogen and oxygen atoms in total. The van der Waals surface area contributed by atoms with Gasteiger partial charge in [0.25, 0.3) is 0 Å². The molecule has 4 heteroatoms. The van der Waals surface area contributed by atoms with Crippen LogP contribution >= 0.6 is 0 Å². The van der Waals surface area contributed by atoms with Crippen LogP contribution in [0.2, 0.25) is 0 Å². The molecule has 0 aromatic rings. The number of nitrogens with one attached hydrogen (secondary N) is 1. The van der Waals surface area contributed by atoms with E-state index in [4.69, 9.17) is 5.73 Å². The lowest BCUT2D eigenvalue weighted by Gasteiger charge is -2.38. The summed E-state index contributed by atoms with van der Waals surface area (Å²) in [6.07, 6.45) is 4.61. The minimum atomic E-state index is -0.128. The second-order valence-electron chi connectivity index (χ2n) is 5.27. The van der Waals surface area contributed by atoms with Gasteiger partial charge < -0.3 is 11.1 Å². The predicted molar refractivity (Wildman–Crippen MR) is 64.0 cm³/mol. The van der Waals surface area contributed by atoms with Crippen molar-refractivity contribution in [2.24, 2.45) is 11.7 Å². The maximum absolute atomic E-state index is 11.2. The zero-order chi connectivity index (χ0) is 11.5. The predicted octanol–water partition coefficient (Wildman–Crippen LogP) is 0.324. The summed E-state index contributed by atoms with van der Waals surface area (Å²) < 4.78 is 0.